The standard InChI is InChI=1S/C16H29N3O2/c1-5-14-18-15(21-19-14)11-6-8-12(9-7-11)17-10-13(20)16(2,3)4/h11-13,17,20H,5-10H2,1-4H3. The Morgan fingerprint density at radius 3 is 2.48 bits per heavy atom. The van der Waals surface area contributed by atoms with Crippen molar-refractivity contribution >= 4 is 0 Å². The van der Waals surface area contributed by atoms with Gasteiger partial charge in [-0.15, -0.1) is 0 Å². The second-order valence-corrected chi connectivity index (χ2v) is 7.24. The fourth-order valence-corrected chi connectivity index (χ4v) is 2.71. The van der Waals surface area contributed by atoms with Crippen molar-refractivity contribution in [1.82, 2.24) is 15.5 Å². The molecule has 5 nitrogen and oxygen atoms in total. The van der Waals surface area contributed by atoms with E-state index < -0.39 is 0 Å². The van der Waals surface area contributed by atoms with E-state index in [4.69, 9.17) is 4.52 Å². The molecule has 0 aromatic carbocycles. The van der Waals surface area contributed by atoms with Crippen LogP contribution in [0.25, 0.3) is 0 Å². The molecule has 1 heterocycles. The minimum absolute atomic E-state index is 0.0650. The molecule has 1 aliphatic carbocycles. The van der Waals surface area contributed by atoms with Gasteiger partial charge < -0.3 is 14.9 Å². The van der Waals surface area contributed by atoms with Crippen LogP contribution in [0.1, 0.15) is 71.0 Å². The van der Waals surface area contributed by atoms with Crippen molar-refractivity contribution in [3.05, 3.63) is 11.7 Å². The normalized spacial score (nSPS) is 25.0. The largest absolute Gasteiger partial charge is 0.391 e. The molecule has 120 valence electrons. The van der Waals surface area contributed by atoms with Crippen LogP contribution in [0.15, 0.2) is 4.52 Å². The molecule has 0 spiro atoms. The minimum Gasteiger partial charge on any atom is -0.391 e. The Hall–Kier alpha value is -0.940. The van der Waals surface area contributed by atoms with Crippen molar-refractivity contribution in [2.75, 3.05) is 6.54 Å². The first-order valence-electron chi connectivity index (χ1n) is 8.14. The number of aliphatic hydroxyl groups excluding tert-OH is 1. The van der Waals surface area contributed by atoms with Crippen LogP contribution in [0.5, 0.6) is 0 Å². The summed E-state index contributed by atoms with van der Waals surface area (Å²) in [7, 11) is 0. The highest BCUT2D eigenvalue weighted by Gasteiger charge is 2.28. The number of nitrogens with one attached hydrogen (secondary N) is 1. The SMILES string of the molecule is CCc1noc(C2CCC(NCC(O)C(C)(C)C)CC2)n1. The molecule has 21 heavy (non-hydrogen) atoms. The lowest BCUT2D eigenvalue weighted by molar-refractivity contribution is 0.0587. The third-order valence-corrected chi connectivity index (χ3v) is 4.48. The molecule has 5 heteroatoms. The van der Waals surface area contributed by atoms with Gasteiger partial charge in [0.1, 0.15) is 0 Å². The number of rotatable bonds is 5. The van der Waals surface area contributed by atoms with E-state index in [2.05, 4.69) is 36.2 Å². The zero-order valence-corrected chi connectivity index (χ0v) is 13.7. The molecule has 1 aromatic rings. The van der Waals surface area contributed by atoms with Gasteiger partial charge in [-0.05, 0) is 31.1 Å². The van der Waals surface area contributed by atoms with Crippen LogP contribution in [0.4, 0.5) is 0 Å². The Bertz CT molecular complexity index is 431. The molecule has 0 aliphatic heterocycles. The Labute approximate surface area is 127 Å². The molecular weight excluding hydrogens is 266 g/mol. The fourth-order valence-electron chi connectivity index (χ4n) is 2.71. The minimum atomic E-state index is -0.307. The van der Waals surface area contributed by atoms with Crippen molar-refractivity contribution in [2.45, 2.75) is 77.9 Å². The van der Waals surface area contributed by atoms with Crippen LogP contribution in [0.3, 0.4) is 0 Å². The molecule has 0 amide bonds. The second-order valence-electron chi connectivity index (χ2n) is 7.24. The zero-order chi connectivity index (χ0) is 15.5. The molecule has 1 aromatic heterocycles. The number of aromatic nitrogens is 2. The first-order chi connectivity index (χ1) is 9.90. The number of hydrogen-bond acceptors (Lipinski definition) is 5. The molecule has 1 saturated carbocycles. The van der Waals surface area contributed by atoms with Gasteiger partial charge in [0.15, 0.2) is 5.82 Å². The third kappa shape index (κ3) is 4.51. The van der Waals surface area contributed by atoms with Crippen molar-refractivity contribution in [1.29, 1.82) is 0 Å². The highest BCUT2D eigenvalue weighted by molar-refractivity contribution is 4.97. The lowest BCUT2D eigenvalue weighted by Gasteiger charge is -2.31. The zero-order valence-electron chi connectivity index (χ0n) is 13.7. The maximum atomic E-state index is 10.1. The van der Waals surface area contributed by atoms with Crippen LogP contribution in [-0.2, 0) is 6.42 Å². The van der Waals surface area contributed by atoms with Crippen LogP contribution >= 0.6 is 0 Å². The molecule has 0 bridgehead atoms. The smallest absolute Gasteiger partial charge is 0.229 e. The molecule has 2 rings (SSSR count). The van der Waals surface area contributed by atoms with Gasteiger partial charge in [-0.2, -0.15) is 4.98 Å². The van der Waals surface area contributed by atoms with E-state index in [9.17, 15) is 5.11 Å². The van der Waals surface area contributed by atoms with Crippen molar-refractivity contribution in [2.24, 2.45) is 5.41 Å². The van der Waals surface area contributed by atoms with Gasteiger partial charge in [0.2, 0.25) is 5.89 Å². The van der Waals surface area contributed by atoms with E-state index in [1.807, 2.05) is 6.92 Å². The van der Waals surface area contributed by atoms with Crippen molar-refractivity contribution < 1.29 is 9.63 Å². The summed E-state index contributed by atoms with van der Waals surface area (Å²) in [6, 6.07) is 0.492. The molecule has 0 radical (unpaired) electrons. The summed E-state index contributed by atoms with van der Waals surface area (Å²) in [4.78, 5) is 4.45. The van der Waals surface area contributed by atoms with Crippen LogP contribution < -0.4 is 5.32 Å². The van der Waals surface area contributed by atoms with Crippen LogP contribution in [-0.4, -0.2) is 33.9 Å². The maximum absolute atomic E-state index is 10.1. The van der Waals surface area contributed by atoms with Gasteiger partial charge >= 0.3 is 0 Å². The lowest BCUT2D eigenvalue weighted by atomic mass is 9.85. The van der Waals surface area contributed by atoms with E-state index >= 15 is 0 Å². The van der Waals surface area contributed by atoms with Crippen LogP contribution in [0, 0.1) is 5.41 Å². The van der Waals surface area contributed by atoms with E-state index in [1.165, 1.54) is 0 Å². The second kappa shape index (κ2) is 6.88. The van der Waals surface area contributed by atoms with Gasteiger partial charge in [-0.25, -0.2) is 0 Å². The molecular formula is C16H29N3O2. The highest BCUT2D eigenvalue weighted by atomic mass is 16.5. The summed E-state index contributed by atoms with van der Waals surface area (Å²) in [5, 5.41) is 17.6. The molecule has 0 saturated heterocycles. The first kappa shape index (κ1) is 16.4. The van der Waals surface area contributed by atoms with Gasteiger partial charge in [-0.3, -0.25) is 0 Å². The van der Waals surface area contributed by atoms with Gasteiger partial charge in [0.05, 0.1) is 6.10 Å². The number of aliphatic hydroxyl groups is 1. The van der Waals surface area contributed by atoms with E-state index in [-0.39, 0.29) is 11.5 Å². The predicted molar refractivity (Wildman–Crippen MR) is 82.1 cm³/mol. The predicted octanol–water partition coefficient (Wildman–Crippen LogP) is 2.65. The van der Waals surface area contributed by atoms with Crippen molar-refractivity contribution in [3.63, 3.8) is 0 Å². The summed E-state index contributed by atoms with van der Waals surface area (Å²) >= 11 is 0. The Kier molecular flexibility index (Phi) is 5.38. The topological polar surface area (TPSA) is 71.2 Å². The lowest BCUT2D eigenvalue weighted by Crippen LogP contribution is -2.42. The molecule has 1 atom stereocenters. The van der Waals surface area contributed by atoms with E-state index in [1.54, 1.807) is 0 Å². The average molecular weight is 295 g/mol. The third-order valence-electron chi connectivity index (χ3n) is 4.48. The Balaban J connectivity index is 1.75. The van der Waals surface area contributed by atoms with Gasteiger partial charge in [0, 0.05) is 24.9 Å². The average Bonchev–Trinajstić information content (AvgIpc) is 2.93. The maximum Gasteiger partial charge on any atom is 0.229 e. The summed E-state index contributed by atoms with van der Waals surface area (Å²) in [5.74, 6) is 2.02. The van der Waals surface area contributed by atoms with Gasteiger partial charge in [-0.1, -0.05) is 32.9 Å². The number of hydrogen-bond donors (Lipinski definition) is 2. The fraction of sp³-hybridized carbons (Fsp3) is 0.875. The monoisotopic (exact) mass is 295 g/mol. The van der Waals surface area contributed by atoms with Crippen LogP contribution in [0.2, 0.25) is 0 Å². The summed E-state index contributed by atoms with van der Waals surface area (Å²) in [6.07, 6.45) is 4.88. The molecule has 1 aliphatic rings. The number of nitrogens with zero attached hydrogens (tertiary/aromatic N) is 2. The molecule has 2 N–H and O–H groups in total. The summed E-state index contributed by atoms with van der Waals surface area (Å²) < 4.78 is 5.35. The van der Waals surface area contributed by atoms with Gasteiger partial charge in [0.25, 0.3) is 0 Å². The first-order valence-corrected chi connectivity index (χ1v) is 8.14. The van der Waals surface area contributed by atoms with Crippen molar-refractivity contribution in [3.8, 4) is 0 Å². The molecule has 1 fully saturated rings. The quantitative estimate of drug-likeness (QED) is 0.874. The number of aryl methyl sites for hydroxylation is 1. The Morgan fingerprint density at radius 2 is 1.95 bits per heavy atom. The summed E-state index contributed by atoms with van der Waals surface area (Å²) in [5.41, 5.74) is -0.0650. The highest BCUT2D eigenvalue weighted by Crippen LogP contribution is 2.32. The van der Waals surface area contributed by atoms with E-state index in [0.29, 0.717) is 18.5 Å². The molecule has 1 unspecified atom stereocenters. The Morgan fingerprint density at radius 1 is 1.29 bits per heavy atom. The summed E-state index contributed by atoms with van der Waals surface area (Å²) in [6.45, 7) is 8.90. The van der Waals surface area contributed by atoms with E-state index in [0.717, 1.165) is 43.8 Å².